The molecular formula is H14Ca4O8P2. The van der Waals surface area contributed by atoms with Gasteiger partial charge in [0.2, 0.25) is 0 Å². The van der Waals surface area contributed by atoms with Gasteiger partial charge in [-0.25, -0.2) is 9.13 Å². The first-order chi connectivity index (χ1) is 4.00. The summed E-state index contributed by atoms with van der Waals surface area (Å²) in [6, 6.07) is 0. The van der Waals surface area contributed by atoms with Crippen LogP contribution in [0, 0.1) is 0 Å². The van der Waals surface area contributed by atoms with E-state index in [9.17, 15) is 0 Å². The Labute approximate surface area is 200 Å². The van der Waals surface area contributed by atoms with Crippen LogP contribution in [0.25, 0.3) is 0 Å². The third-order valence-corrected chi connectivity index (χ3v) is 0. The molecule has 0 unspecified atom stereocenters. The van der Waals surface area contributed by atoms with Crippen molar-refractivity contribution in [1.82, 2.24) is 0 Å². The third-order valence-electron chi connectivity index (χ3n) is 0. The van der Waals surface area contributed by atoms with E-state index in [0.717, 1.165) is 0 Å². The molecule has 6 N–H and O–H groups in total. The van der Waals surface area contributed by atoms with Crippen molar-refractivity contribution in [3.63, 3.8) is 0 Å². The summed E-state index contributed by atoms with van der Waals surface area (Å²) in [5, 5.41) is 0. The molecule has 80 valence electrons. The zero-order valence-corrected chi connectivity index (χ0v) is 6.18. The van der Waals surface area contributed by atoms with Gasteiger partial charge in [0.15, 0.2) is 0 Å². The second-order valence-electron chi connectivity index (χ2n) is 1.03. The topological polar surface area (TPSA) is 156 Å². The van der Waals surface area contributed by atoms with Crippen molar-refractivity contribution in [2.75, 3.05) is 0 Å². The summed E-state index contributed by atoms with van der Waals surface area (Å²) in [6.45, 7) is 0. The molecule has 0 aromatic heterocycles. The van der Waals surface area contributed by atoms with Crippen LogP contribution in [0.1, 0.15) is 0 Å². The molecular weight excluding hydrogens is 350 g/mol. The monoisotopic (exact) mass is 364 g/mol. The van der Waals surface area contributed by atoms with Crippen LogP contribution in [-0.4, -0.2) is 180 Å². The fraction of sp³-hybridized carbons (Fsp3) is 0. The molecule has 14 heteroatoms. The Morgan fingerprint density at radius 3 is 0.500 bits per heavy atom. The summed E-state index contributed by atoms with van der Waals surface area (Å²) in [5.74, 6) is 0. The van der Waals surface area contributed by atoms with Crippen LogP contribution < -0.4 is 0 Å². The van der Waals surface area contributed by atoms with Gasteiger partial charge in [-0.15, -0.1) is 0 Å². The minimum absolute atomic E-state index is 0. The summed E-state index contributed by atoms with van der Waals surface area (Å²) in [6.07, 6.45) is 0. The summed E-state index contributed by atoms with van der Waals surface area (Å²) in [4.78, 5) is 43.1. The van der Waals surface area contributed by atoms with E-state index in [0.29, 0.717) is 0 Å². The molecule has 0 rings (SSSR count). The molecule has 0 bridgehead atoms. The zero-order chi connectivity index (χ0) is 9.00. The van der Waals surface area contributed by atoms with Gasteiger partial charge in [-0.05, 0) is 0 Å². The van der Waals surface area contributed by atoms with Crippen LogP contribution in [-0.2, 0) is 9.13 Å². The summed E-state index contributed by atoms with van der Waals surface area (Å²) < 4.78 is 17.8. The molecule has 8 nitrogen and oxygen atoms in total. The summed E-state index contributed by atoms with van der Waals surface area (Å²) >= 11 is 0. The van der Waals surface area contributed by atoms with Gasteiger partial charge in [0.25, 0.3) is 0 Å². The van der Waals surface area contributed by atoms with Crippen molar-refractivity contribution >= 4 is 167 Å². The molecule has 0 aliphatic carbocycles. The first kappa shape index (κ1) is 36.5. The Bertz CT molecular complexity index is 132. The van der Waals surface area contributed by atoms with Crippen molar-refractivity contribution in [1.29, 1.82) is 0 Å². The van der Waals surface area contributed by atoms with E-state index in [2.05, 4.69) is 0 Å². The van der Waals surface area contributed by atoms with Crippen LogP contribution in [0.4, 0.5) is 0 Å². The van der Waals surface area contributed by atoms with Gasteiger partial charge in [0.1, 0.15) is 0 Å². The summed E-state index contributed by atoms with van der Waals surface area (Å²) in [5.41, 5.74) is 0. The number of hydrogen-bond donors (Lipinski definition) is 6. The predicted molar refractivity (Wildman–Crippen MR) is 62.7 cm³/mol. The Balaban J connectivity index is -0.0000000178. The minimum atomic E-state index is -4.64. The van der Waals surface area contributed by atoms with Crippen LogP contribution in [0.3, 0.4) is 0 Å². The average Bonchev–Trinajstić information content (AvgIpc) is 1.12. The maximum atomic E-state index is 8.88. The molecule has 14 heavy (non-hydrogen) atoms. The van der Waals surface area contributed by atoms with Crippen LogP contribution in [0.15, 0.2) is 0 Å². The molecule has 0 aliphatic rings. The molecule has 0 aromatic rings. The normalized spacial score (nSPS) is 8.43. The average molecular weight is 364 g/mol. The second kappa shape index (κ2) is 18.3. The first-order valence-electron chi connectivity index (χ1n) is 1.57. The van der Waals surface area contributed by atoms with Crippen LogP contribution in [0.2, 0.25) is 0 Å². The molecule has 0 saturated heterocycles. The second-order valence-corrected chi connectivity index (χ2v) is 3.08. The van der Waals surface area contributed by atoms with E-state index in [1.807, 2.05) is 0 Å². The molecule has 0 aromatic carbocycles. The number of hydrogen-bond acceptors (Lipinski definition) is 2. The standard InChI is InChI=1S/4Ca.2H3O4P.8H/c;;;;2*1-5(2,3)4;;;;;;;;/h;;;;2*(H3,1,2,3,4);;;;;;;;. The van der Waals surface area contributed by atoms with Gasteiger partial charge in [-0.1, -0.05) is 0 Å². The van der Waals surface area contributed by atoms with Crippen LogP contribution in [0.5, 0.6) is 0 Å². The predicted octanol–water partition coefficient (Wildman–Crippen LogP) is -5.52. The molecule has 0 atom stereocenters. The van der Waals surface area contributed by atoms with Crippen molar-refractivity contribution < 1.29 is 38.5 Å². The quantitative estimate of drug-likeness (QED) is 0.184. The van der Waals surface area contributed by atoms with Crippen LogP contribution >= 0.6 is 15.6 Å². The third kappa shape index (κ3) is 165. The maximum absolute atomic E-state index is 8.88. The van der Waals surface area contributed by atoms with E-state index in [1.54, 1.807) is 0 Å². The van der Waals surface area contributed by atoms with Crippen molar-refractivity contribution in [2.45, 2.75) is 0 Å². The Kier molecular flexibility index (Phi) is 47.6. The van der Waals surface area contributed by atoms with Gasteiger partial charge < -0.3 is 29.4 Å². The molecule has 0 spiro atoms. The van der Waals surface area contributed by atoms with E-state index < -0.39 is 15.6 Å². The fourth-order valence-corrected chi connectivity index (χ4v) is 0. The molecule has 0 saturated carbocycles. The molecule has 0 fully saturated rings. The molecule has 0 amide bonds. The number of rotatable bonds is 0. The van der Waals surface area contributed by atoms with Gasteiger partial charge in [-0.2, -0.15) is 0 Å². The van der Waals surface area contributed by atoms with E-state index >= 15 is 0 Å². The zero-order valence-electron chi connectivity index (χ0n) is 4.39. The van der Waals surface area contributed by atoms with Gasteiger partial charge in [0, 0.05) is 0 Å². The van der Waals surface area contributed by atoms with E-state index in [1.165, 1.54) is 0 Å². The van der Waals surface area contributed by atoms with E-state index in [4.69, 9.17) is 38.5 Å². The van der Waals surface area contributed by atoms with Gasteiger partial charge in [0.05, 0.1) is 0 Å². The molecule has 0 heterocycles. The van der Waals surface area contributed by atoms with Gasteiger partial charge in [-0.3, -0.25) is 0 Å². The van der Waals surface area contributed by atoms with Gasteiger partial charge >= 0.3 is 167 Å². The Morgan fingerprint density at radius 2 is 0.500 bits per heavy atom. The molecule has 0 aliphatic heterocycles. The Morgan fingerprint density at radius 1 is 0.500 bits per heavy atom. The van der Waals surface area contributed by atoms with E-state index in [-0.39, 0.29) is 151 Å². The van der Waals surface area contributed by atoms with Crippen molar-refractivity contribution in [3.05, 3.63) is 0 Å². The van der Waals surface area contributed by atoms with Crippen molar-refractivity contribution in [3.8, 4) is 0 Å². The number of phosphoric acid groups is 2. The molecule has 0 radical (unpaired) electrons. The first-order valence-corrected chi connectivity index (χ1v) is 4.70. The summed E-state index contributed by atoms with van der Waals surface area (Å²) in [7, 11) is -9.28. The SMILES string of the molecule is O=P(O)(O)O.O=P(O)(O)O.[CaH2].[CaH2].[CaH2].[CaH2]. The fourth-order valence-electron chi connectivity index (χ4n) is 0. The Hall–Kier alpha value is 5.26. The van der Waals surface area contributed by atoms with Crippen molar-refractivity contribution in [2.24, 2.45) is 0 Å².